The predicted molar refractivity (Wildman–Crippen MR) is 75.5 cm³/mol. The van der Waals surface area contributed by atoms with Gasteiger partial charge < -0.3 is 21.1 Å². The smallest absolute Gasteiger partial charge is 0.336 e. The Morgan fingerprint density at radius 1 is 1.10 bits per heavy atom. The largest absolute Gasteiger partial charge is 0.478 e. The van der Waals surface area contributed by atoms with E-state index in [4.69, 9.17) is 5.73 Å². The molecule has 0 saturated heterocycles. The molecule has 5 nitrogen and oxygen atoms in total. The lowest BCUT2D eigenvalue weighted by atomic mass is 9.94. The van der Waals surface area contributed by atoms with Crippen LogP contribution >= 0.6 is 0 Å². The van der Waals surface area contributed by atoms with Crippen molar-refractivity contribution in [3.63, 3.8) is 0 Å². The molecule has 5 N–H and O–H groups in total. The third-order valence-electron chi connectivity index (χ3n) is 3.33. The first-order valence-corrected chi connectivity index (χ1v) is 6.37. The molecule has 0 radical (unpaired) electrons. The maximum absolute atomic E-state index is 11.2. The summed E-state index contributed by atoms with van der Waals surface area (Å²) in [5, 5.41) is 30.4. The first-order chi connectivity index (χ1) is 9.56. The number of aliphatic hydroxyl groups excluding tert-OH is 2. The first-order valence-electron chi connectivity index (χ1n) is 6.37. The van der Waals surface area contributed by atoms with E-state index in [1.54, 1.807) is 30.3 Å². The summed E-state index contributed by atoms with van der Waals surface area (Å²) in [6.45, 7) is 0.267. The number of hydrogen-bond acceptors (Lipinski definition) is 4. The fraction of sp³-hybridized carbons (Fsp3) is 0.267. The van der Waals surface area contributed by atoms with Crippen LogP contribution in [-0.2, 0) is 0 Å². The monoisotopic (exact) mass is 275 g/mol. The summed E-state index contributed by atoms with van der Waals surface area (Å²) in [4.78, 5) is 11.2. The summed E-state index contributed by atoms with van der Waals surface area (Å²) in [6.07, 6.45) is -1.79. The Kier molecular flexibility index (Phi) is 4.34. The van der Waals surface area contributed by atoms with E-state index >= 15 is 0 Å². The molecule has 5 heteroatoms. The van der Waals surface area contributed by atoms with Crippen LogP contribution in [0.15, 0.2) is 36.4 Å². The fourth-order valence-electron chi connectivity index (χ4n) is 2.31. The van der Waals surface area contributed by atoms with Crippen LogP contribution in [0.1, 0.15) is 28.4 Å². The molecule has 20 heavy (non-hydrogen) atoms. The molecule has 0 aromatic heterocycles. The Morgan fingerprint density at radius 2 is 1.75 bits per heavy atom. The van der Waals surface area contributed by atoms with Crippen LogP contribution in [0.2, 0.25) is 0 Å². The summed E-state index contributed by atoms with van der Waals surface area (Å²) >= 11 is 0. The number of benzene rings is 2. The average molecular weight is 275 g/mol. The van der Waals surface area contributed by atoms with Gasteiger partial charge in [-0.25, -0.2) is 4.79 Å². The molecule has 2 aromatic carbocycles. The van der Waals surface area contributed by atoms with E-state index in [1.165, 1.54) is 6.07 Å². The van der Waals surface area contributed by atoms with Gasteiger partial charge in [-0.15, -0.1) is 0 Å². The quantitative estimate of drug-likeness (QED) is 0.658. The van der Waals surface area contributed by atoms with Crippen LogP contribution in [0.25, 0.3) is 10.8 Å². The van der Waals surface area contributed by atoms with Gasteiger partial charge in [0.1, 0.15) is 6.10 Å². The zero-order chi connectivity index (χ0) is 14.7. The highest BCUT2D eigenvalue weighted by molar-refractivity contribution is 6.04. The molecule has 0 fully saturated rings. The van der Waals surface area contributed by atoms with E-state index in [0.29, 0.717) is 16.3 Å². The minimum Gasteiger partial charge on any atom is -0.478 e. The minimum absolute atomic E-state index is 0.171. The van der Waals surface area contributed by atoms with E-state index in [1.807, 2.05) is 0 Å². The molecule has 0 aliphatic rings. The number of nitrogens with two attached hydrogens (primary N) is 1. The average Bonchev–Trinajstić information content (AvgIpc) is 2.45. The molecule has 0 aliphatic carbocycles. The van der Waals surface area contributed by atoms with Gasteiger partial charge in [0.05, 0.1) is 11.7 Å². The van der Waals surface area contributed by atoms with Crippen molar-refractivity contribution in [3.8, 4) is 0 Å². The number of aliphatic hydroxyl groups is 2. The number of rotatable bonds is 5. The van der Waals surface area contributed by atoms with E-state index in [2.05, 4.69) is 0 Å². The van der Waals surface area contributed by atoms with Crippen molar-refractivity contribution in [2.24, 2.45) is 5.73 Å². The lowest BCUT2D eigenvalue weighted by Crippen LogP contribution is -2.22. The van der Waals surface area contributed by atoms with Crippen molar-refractivity contribution in [1.29, 1.82) is 0 Å². The normalized spacial score (nSPS) is 14.2. The van der Waals surface area contributed by atoms with E-state index in [0.717, 1.165) is 0 Å². The van der Waals surface area contributed by atoms with Crippen LogP contribution in [0, 0.1) is 0 Å². The molecular weight excluding hydrogens is 258 g/mol. The summed E-state index contributed by atoms with van der Waals surface area (Å²) in [6, 6.07) is 9.90. The zero-order valence-electron chi connectivity index (χ0n) is 10.9. The molecule has 2 aromatic rings. The van der Waals surface area contributed by atoms with Gasteiger partial charge in [-0.1, -0.05) is 30.3 Å². The summed E-state index contributed by atoms with van der Waals surface area (Å²) in [5.74, 6) is -1.02. The van der Waals surface area contributed by atoms with Crippen molar-refractivity contribution in [1.82, 2.24) is 0 Å². The Balaban J connectivity index is 2.55. The lowest BCUT2D eigenvalue weighted by Gasteiger charge is -2.19. The van der Waals surface area contributed by atoms with Gasteiger partial charge in [0.2, 0.25) is 0 Å². The molecule has 0 amide bonds. The zero-order valence-corrected chi connectivity index (χ0v) is 10.9. The van der Waals surface area contributed by atoms with Gasteiger partial charge in [-0.3, -0.25) is 0 Å². The second-order valence-corrected chi connectivity index (χ2v) is 4.64. The van der Waals surface area contributed by atoms with Crippen LogP contribution in [0.3, 0.4) is 0 Å². The topological polar surface area (TPSA) is 104 Å². The summed E-state index contributed by atoms with van der Waals surface area (Å²) in [7, 11) is 0. The third kappa shape index (κ3) is 2.65. The number of hydrogen-bond donors (Lipinski definition) is 4. The van der Waals surface area contributed by atoms with Gasteiger partial charge in [0, 0.05) is 0 Å². The molecule has 2 atom stereocenters. The second-order valence-electron chi connectivity index (χ2n) is 4.64. The van der Waals surface area contributed by atoms with Crippen LogP contribution in [0.4, 0.5) is 0 Å². The van der Waals surface area contributed by atoms with E-state index in [-0.39, 0.29) is 18.5 Å². The number of aromatic carboxylic acids is 1. The number of carboxylic acids is 1. The first kappa shape index (κ1) is 14.5. The molecular formula is C15H17NO4. The van der Waals surface area contributed by atoms with Crippen LogP contribution < -0.4 is 5.73 Å². The van der Waals surface area contributed by atoms with Crippen molar-refractivity contribution in [2.75, 3.05) is 6.54 Å². The Bertz CT molecular complexity index is 626. The highest BCUT2D eigenvalue weighted by Gasteiger charge is 2.20. The summed E-state index contributed by atoms with van der Waals surface area (Å²) in [5.41, 5.74) is 6.05. The Hall–Kier alpha value is -1.95. The maximum Gasteiger partial charge on any atom is 0.336 e. The standard InChI is InChI=1S/C15H17NO4/c16-8-7-13(17)14(18)11-5-1-4-10-9(11)3-2-6-12(10)15(19)20/h1-6,13-14,17-18H,7-8,16H2,(H,19,20). The van der Waals surface area contributed by atoms with Crippen LogP contribution in [-0.4, -0.2) is 33.9 Å². The molecule has 0 spiro atoms. The lowest BCUT2D eigenvalue weighted by molar-refractivity contribution is 0.0159. The molecule has 2 rings (SSSR count). The predicted octanol–water partition coefficient (Wildman–Crippen LogP) is 1.28. The Morgan fingerprint density at radius 3 is 2.40 bits per heavy atom. The number of carbonyl (C=O) groups is 1. The molecule has 0 saturated carbocycles. The highest BCUT2D eigenvalue weighted by Crippen LogP contribution is 2.29. The minimum atomic E-state index is -1.09. The third-order valence-corrected chi connectivity index (χ3v) is 3.33. The van der Waals surface area contributed by atoms with Gasteiger partial charge in [0.25, 0.3) is 0 Å². The van der Waals surface area contributed by atoms with Crippen molar-refractivity contribution >= 4 is 16.7 Å². The summed E-state index contributed by atoms with van der Waals surface area (Å²) < 4.78 is 0. The van der Waals surface area contributed by atoms with Crippen LogP contribution in [0.5, 0.6) is 0 Å². The van der Waals surface area contributed by atoms with E-state index in [9.17, 15) is 20.1 Å². The van der Waals surface area contributed by atoms with Gasteiger partial charge in [-0.05, 0) is 35.4 Å². The molecule has 0 heterocycles. The van der Waals surface area contributed by atoms with Crippen molar-refractivity contribution in [2.45, 2.75) is 18.6 Å². The van der Waals surface area contributed by atoms with Gasteiger partial charge in [-0.2, -0.15) is 0 Å². The maximum atomic E-state index is 11.2. The molecule has 0 aliphatic heterocycles. The van der Waals surface area contributed by atoms with Gasteiger partial charge in [0.15, 0.2) is 0 Å². The van der Waals surface area contributed by atoms with Crippen molar-refractivity contribution < 1.29 is 20.1 Å². The number of carboxylic acid groups (broad SMARTS) is 1. The van der Waals surface area contributed by atoms with E-state index < -0.39 is 18.2 Å². The van der Waals surface area contributed by atoms with Gasteiger partial charge >= 0.3 is 5.97 Å². The second kappa shape index (κ2) is 6.00. The molecule has 106 valence electrons. The number of fused-ring (bicyclic) bond motifs is 1. The van der Waals surface area contributed by atoms with Crippen molar-refractivity contribution in [3.05, 3.63) is 47.5 Å². The fourth-order valence-corrected chi connectivity index (χ4v) is 2.31. The SMILES string of the molecule is NCCC(O)C(O)c1cccc2c(C(=O)O)cccc12. The highest BCUT2D eigenvalue weighted by atomic mass is 16.4. The Labute approximate surface area is 116 Å². The molecule has 0 bridgehead atoms. The molecule has 2 unspecified atom stereocenters.